The van der Waals surface area contributed by atoms with Crippen LogP contribution < -0.4 is 11.3 Å². The standard InChI is InChI=1S/C11H14F2N2O/c12-9-5-6-10(13)8(7-9)3-1-2-4-11(16)15-14/h5-7H,1-4,14H2,(H,15,16). The van der Waals surface area contributed by atoms with E-state index in [0.29, 0.717) is 31.2 Å². The van der Waals surface area contributed by atoms with Crippen LogP contribution in [0.4, 0.5) is 8.78 Å². The summed E-state index contributed by atoms with van der Waals surface area (Å²) in [6.45, 7) is 0. The van der Waals surface area contributed by atoms with E-state index in [1.54, 1.807) is 0 Å². The molecule has 1 aromatic carbocycles. The summed E-state index contributed by atoms with van der Waals surface area (Å²) in [4.78, 5) is 10.8. The monoisotopic (exact) mass is 228 g/mol. The predicted octanol–water partition coefficient (Wildman–Crippen LogP) is 1.67. The third-order valence-corrected chi connectivity index (χ3v) is 2.27. The maximum absolute atomic E-state index is 13.2. The minimum absolute atomic E-state index is 0.250. The average molecular weight is 228 g/mol. The fourth-order valence-electron chi connectivity index (χ4n) is 1.41. The van der Waals surface area contributed by atoms with Crippen LogP contribution in [0.2, 0.25) is 0 Å². The SMILES string of the molecule is NNC(=O)CCCCc1cc(F)ccc1F. The predicted molar refractivity (Wildman–Crippen MR) is 56.2 cm³/mol. The van der Waals surface area contributed by atoms with Gasteiger partial charge in [0.1, 0.15) is 11.6 Å². The molecule has 0 spiro atoms. The Morgan fingerprint density at radius 2 is 2.06 bits per heavy atom. The zero-order valence-corrected chi connectivity index (χ0v) is 8.80. The number of hydrogen-bond acceptors (Lipinski definition) is 2. The van der Waals surface area contributed by atoms with E-state index < -0.39 is 11.6 Å². The molecule has 88 valence electrons. The van der Waals surface area contributed by atoms with Gasteiger partial charge >= 0.3 is 0 Å². The van der Waals surface area contributed by atoms with Gasteiger partial charge < -0.3 is 0 Å². The first-order valence-corrected chi connectivity index (χ1v) is 5.07. The van der Waals surface area contributed by atoms with Crippen LogP contribution in [0.25, 0.3) is 0 Å². The molecule has 0 aromatic heterocycles. The number of hydrogen-bond donors (Lipinski definition) is 2. The molecule has 0 atom stereocenters. The Hall–Kier alpha value is -1.49. The van der Waals surface area contributed by atoms with Gasteiger partial charge in [0.15, 0.2) is 0 Å². The number of halogens is 2. The fraction of sp³-hybridized carbons (Fsp3) is 0.364. The fourth-order valence-corrected chi connectivity index (χ4v) is 1.41. The molecule has 3 nitrogen and oxygen atoms in total. The molecule has 1 amide bonds. The zero-order chi connectivity index (χ0) is 12.0. The van der Waals surface area contributed by atoms with Crippen LogP contribution in [0, 0.1) is 11.6 Å². The Morgan fingerprint density at radius 3 is 2.75 bits per heavy atom. The summed E-state index contributed by atoms with van der Waals surface area (Å²) >= 11 is 0. The second kappa shape index (κ2) is 6.17. The molecule has 0 fully saturated rings. The Bertz CT molecular complexity index is 369. The number of carbonyl (C=O) groups excluding carboxylic acids is 1. The topological polar surface area (TPSA) is 55.1 Å². The highest BCUT2D eigenvalue weighted by Gasteiger charge is 2.04. The smallest absolute Gasteiger partial charge is 0.233 e. The number of rotatable bonds is 5. The quantitative estimate of drug-likeness (QED) is 0.348. The van der Waals surface area contributed by atoms with Crippen molar-refractivity contribution in [2.24, 2.45) is 5.84 Å². The number of carbonyl (C=O) groups is 1. The summed E-state index contributed by atoms with van der Waals surface area (Å²) < 4.78 is 25.9. The first-order chi connectivity index (χ1) is 7.63. The number of amides is 1. The van der Waals surface area contributed by atoms with Crippen molar-refractivity contribution in [1.82, 2.24) is 5.43 Å². The van der Waals surface area contributed by atoms with Gasteiger partial charge in [0.2, 0.25) is 5.91 Å². The lowest BCUT2D eigenvalue weighted by atomic mass is 10.1. The van der Waals surface area contributed by atoms with Crippen molar-refractivity contribution in [3.63, 3.8) is 0 Å². The Kier molecular flexibility index (Phi) is 4.85. The number of unbranched alkanes of at least 4 members (excludes halogenated alkanes) is 1. The minimum Gasteiger partial charge on any atom is -0.294 e. The summed E-state index contributed by atoms with van der Waals surface area (Å²) in [5.74, 6) is 3.79. The van der Waals surface area contributed by atoms with E-state index in [-0.39, 0.29) is 5.91 Å². The zero-order valence-electron chi connectivity index (χ0n) is 8.80. The van der Waals surface area contributed by atoms with E-state index in [1.165, 1.54) is 6.07 Å². The number of hydrazine groups is 1. The van der Waals surface area contributed by atoms with Gasteiger partial charge in [-0.1, -0.05) is 0 Å². The molecular weight excluding hydrogens is 214 g/mol. The summed E-state index contributed by atoms with van der Waals surface area (Å²) in [6, 6.07) is 3.37. The first-order valence-electron chi connectivity index (χ1n) is 5.07. The summed E-state index contributed by atoms with van der Waals surface area (Å²) in [6.07, 6.45) is 1.93. The minimum atomic E-state index is -0.448. The van der Waals surface area contributed by atoms with Crippen LogP contribution in [-0.2, 0) is 11.2 Å². The second-order valence-corrected chi connectivity index (χ2v) is 3.51. The number of nitrogens with one attached hydrogen (secondary N) is 1. The Morgan fingerprint density at radius 1 is 1.31 bits per heavy atom. The molecule has 0 unspecified atom stereocenters. The van der Waals surface area contributed by atoms with Crippen molar-refractivity contribution in [2.75, 3.05) is 0 Å². The number of nitrogens with two attached hydrogens (primary N) is 1. The van der Waals surface area contributed by atoms with Crippen molar-refractivity contribution in [2.45, 2.75) is 25.7 Å². The first kappa shape index (κ1) is 12.6. The Balaban J connectivity index is 2.37. The summed E-state index contributed by atoms with van der Waals surface area (Å²) in [7, 11) is 0. The van der Waals surface area contributed by atoms with Crippen molar-refractivity contribution >= 4 is 5.91 Å². The van der Waals surface area contributed by atoms with E-state index >= 15 is 0 Å². The molecule has 3 N–H and O–H groups in total. The van der Waals surface area contributed by atoms with Gasteiger partial charge in [-0.05, 0) is 43.0 Å². The maximum Gasteiger partial charge on any atom is 0.233 e. The molecule has 0 heterocycles. The highest BCUT2D eigenvalue weighted by atomic mass is 19.1. The van der Waals surface area contributed by atoms with Gasteiger partial charge in [0.05, 0.1) is 0 Å². The molecule has 1 aromatic rings. The summed E-state index contributed by atoms with van der Waals surface area (Å²) in [5.41, 5.74) is 2.35. The van der Waals surface area contributed by atoms with E-state index in [4.69, 9.17) is 5.84 Å². The second-order valence-electron chi connectivity index (χ2n) is 3.51. The van der Waals surface area contributed by atoms with E-state index in [0.717, 1.165) is 12.1 Å². The lowest BCUT2D eigenvalue weighted by Crippen LogP contribution is -2.29. The van der Waals surface area contributed by atoms with Crippen LogP contribution in [0.1, 0.15) is 24.8 Å². The molecule has 0 aliphatic heterocycles. The molecule has 1 rings (SSSR count). The third kappa shape index (κ3) is 3.94. The van der Waals surface area contributed by atoms with Gasteiger partial charge in [-0.25, -0.2) is 14.6 Å². The molecule has 0 aliphatic rings. The normalized spacial score (nSPS) is 10.2. The molecule has 0 radical (unpaired) electrons. The lowest BCUT2D eigenvalue weighted by molar-refractivity contribution is -0.121. The maximum atomic E-state index is 13.2. The van der Waals surface area contributed by atoms with E-state index in [1.807, 2.05) is 5.43 Å². The molecule has 0 bridgehead atoms. The van der Waals surface area contributed by atoms with Crippen molar-refractivity contribution in [3.05, 3.63) is 35.4 Å². The van der Waals surface area contributed by atoms with Crippen molar-refractivity contribution in [3.8, 4) is 0 Å². The lowest BCUT2D eigenvalue weighted by Gasteiger charge is -2.03. The van der Waals surface area contributed by atoms with E-state index in [2.05, 4.69) is 0 Å². The van der Waals surface area contributed by atoms with E-state index in [9.17, 15) is 13.6 Å². The van der Waals surface area contributed by atoms with Gasteiger partial charge in [-0.15, -0.1) is 0 Å². The molecule has 0 aliphatic carbocycles. The van der Waals surface area contributed by atoms with Crippen molar-refractivity contribution in [1.29, 1.82) is 0 Å². The van der Waals surface area contributed by atoms with Crippen LogP contribution >= 0.6 is 0 Å². The molecule has 0 saturated carbocycles. The highest BCUT2D eigenvalue weighted by molar-refractivity contribution is 5.75. The average Bonchev–Trinajstić information content (AvgIpc) is 2.28. The van der Waals surface area contributed by atoms with Gasteiger partial charge in [0, 0.05) is 6.42 Å². The third-order valence-electron chi connectivity index (χ3n) is 2.27. The highest BCUT2D eigenvalue weighted by Crippen LogP contribution is 2.13. The molecular formula is C11H14F2N2O. The van der Waals surface area contributed by atoms with Crippen LogP contribution in [-0.4, -0.2) is 5.91 Å². The molecule has 0 saturated heterocycles. The van der Waals surface area contributed by atoms with Gasteiger partial charge in [-0.2, -0.15) is 0 Å². The summed E-state index contributed by atoms with van der Waals surface area (Å²) in [5, 5.41) is 0. The molecule has 16 heavy (non-hydrogen) atoms. The number of benzene rings is 1. The van der Waals surface area contributed by atoms with Crippen molar-refractivity contribution < 1.29 is 13.6 Å². The largest absolute Gasteiger partial charge is 0.294 e. The molecule has 5 heteroatoms. The number of aryl methyl sites for hydroxylation is 1. The van der Waals surface area contributed by atoms with Gasteiger partial charge in [-0.3, -0.25) is 10.2 Å². The van der Waals surface area contributed by atoms with Crippen LogP contribution in [0.15, 0.2) is 18.2 Å². The van der Waals surface area contributed by atoms with Crippen LogP contribution in [0.3, 0.4) is 0 Å². The van der Waals surface area contributed by atoms with Crippen LogP contribution in [0.5, 0.6) is 0 Å². The van der Waals surface area contributed by atoms with Gasteiger partial charge in [0.25, 0.3) is 0 Å². The Labute approximate surface area is 92.6 Å².